The third kappa shape index (κ3) is 5.94. The maximum Gasteiger partial charge on any atom is 0.252 e. The summed E-state index contributed by atoms with van der Waals surface area (Å²) in [5.41, 5.74) is 0.716. The molecule has 2 amide bonds. The fraction of sp³-hybridized carbons (Fsp3) is 0.556. The van der Waals surface area contributed by atoms with Crippen LogP contribution >= 0.6 is 0 Å². The molecule has 0 saturated carbocycles. The van der Waals surface area contributed by atoms with Gasteiger partial charge < -0.3 is 20.1 Å². The molecule has 0 aliphatic rings. The number of carbonyl (C=O) groups excluding carboxylic acids is 2. The molecule has 0 spiro atoms. The molecule has 0 aliphatic carbocycles. The van der Waals surface area contributed by atoms with Gasteiger partial charge in [0, 0.05) is 14.2 Å². The largest absolute Gasteiger partial charge is 0.383 e. The molecular formula is C18H28N2O4. The molecule has 1 rings (SSSR count). The number of ether oxygens (including phenoxy) is 2. The van der Waals surface area contributed by atoms with Gasteiger partial charge in [-0.15, -0.1) is 0 Å². The first-order valence-corrected chi connectivity index (χ1v) is 8.25. The molecule has 6 nitrogen and oxygen atoms in total. The summed E-state index contributed by atoms with van der Waals surface area (Å²) in [4.78, 5) is 25.0. The smallest absolute Gasteiger partial charge is 0.252 e. The lowest BCUT2D eigenvalue weighted by Crippen LogP contribution is -2.40. The van der Waals surface area contributed by atoms with Crippen LogP contribution in [0.15, 0.2) is 24.3 Å². The van der Waals surface area contributed by atoms with Crippen LogP contribution in [0.4, 0.5) is 0 Å². The maximum absolute atomic E-state index is 12.5. The summed E-state index contributed by atoms with van der Waals surface area (Å²) >= 11 is 0. The zero-order chi connectivity index (χ0) is 17.9. The minimum Gasteiger partial charge on any atom is -0.383 e. The highest BCUT2D eigenvalue weighted by atomic mass is 16.5. The summed E-state index contributed by atoms with van der Waals surface area (Å²) in [5, 5.41) is 5.81. The van der Waals surface area contributed by atoms with Crippen molar-refractivity contribution in [1.82, 2.24) is 10.6 Å². The summed E-state index contributed by atoms with van der Waals surface area (Å²) in [7, 11) is 3.19. The van der Waals surface area contributed by atoms with E-state index in [1.807, 2.05) is 13.8 Å². The van der Waals surface area contributed by atoms with E-state index in [4.69, 9.17) is 9.47 Å². The van der Waals surface area contributed by atoms with Crippen LogP contribution in [0.1, 0.15) is 47.4 Å². The number of hydrogen-bond acceptors (Lipinski definition) is 4. The number of carbonyl (C=O) groups is 2. The van der Waals surface area contributed by atoms with Crippen molar-refractivity contribution in [1.29, 1.82) is 0 Å². The van der Waals surface area contributed by atoms with Gasteiger partial charge in [0.2, 0.25) is 0 Å². The van der Waals surface area contributed by atoms with Crippen molar-refractivity contribution in [3.05, 3.63) is 35.4 Å². The van der Waals surface area contributed by atoms with E-state index in [1.165, 1.54) is 0 Å². The van der Waals surface area contributed by atoms with Crippen molar-refractivity contribution in [2.75, 3.05) is 27.4 Å². The van der Waals surface area contributed by atoms with Crippen molar-refractivity contribution >= 4 is 11.8 Å². The topological polar surface area (TPSA) is 76.7 Å². The molecule has 0 aliphatic heterocycles. The molecule has 0 saturated heterocycles. The molecule has 0 aromatic heterocycles. The Hall–Kier alpha value is -1.92. The third-order valence-corrected chi connectivity index (χ3v) is 3.81. The first-order valence-electron chi connectivity index (χ1n) is 8.25. The van der Waals surface area contributed by atoms with Gasteiger partial charge in [0.15, 0.2) is 0 Å². The normalized spacial score (nSPS) is 13.2. The Morgan fingerprint density at radius 3 is 1.54 bits per heavy atom. The van der Waals surface area contributed by atoms with Crippen molar-refractivity contribution in [3.63, 3.8) is 0 Å². The van der Waals surface area contributed by atoms with Gasteiger partial charge in [-0.2, -0.15) is 0 Å². The van der Waals surface area contributed by atoms with Crippen LogP contribution in [0.2, 0.25) is 0 Å². The van der Waals surface area contributed by atoms with Crippen LogP contribution < -0.4 is 10.6 Å². The number of rotatable bonds is 10. The third-order valence-electron chi connectivity index (χ3n) is 3.81. The Balaban J connectivity index is 2.90. The monoisotopic (exact) mass is 336 g/mol. The van der Waals surface area contributed by atoms with E-state index in [0.717, 1.165) is 12.8 Å². The average molecular weight is 336 g/mol. The Bertz CT molecular complexity index is 487. The fourth-order valence-electron chi connectivity index (χ4n) is 2.33. The SMILES string of the molecule is CC[C@H](COC)NC(=O)c1ccccc1C(=O)N[C@H](CC)COC. The number of hydrogen-bond donors (Lipinski definition) is 2. The van der Waals surface area contributed by atoms with E-state index in [-0.39, 0.29) is 23.9 Å². The lowest BCUT2D eigenvalue weighted by atomic mass is 10.0. The Kier molecular flexibility index (Phi) is 9.04. The average Bonchev–Trinajstić information content (AvgIpc) is 2.60. The van der Waals surface area contributed by atoms with Crippen LogP contribution in [-0.2, 0) is 9.47 Å². The predicted molar refractivity (Wildman–Crippen MR) is 93.3 cm³/mol. The Morgan fingerprint density at radius 2 is 1.25 bits per heavy atom. The summed E-state index contributed by atoms with van der Waals surface area (Å²) in [5.74, 6) is -0.547. The highest BCUT2D eigenvalue weighted by Crippen LogP contribution is 2.10. The van der Waals surface area contributed by atoms with Crippen molar-refractivity contribution in [2.45, 2.75) is 38.8 Å². The van der Waals surface area contributed by atoms with Crippen LogP contribution in [0.5, 0.6) is 0 Å². The maximum atomic E-state index is 12.5. The van der Waals surface area contributed by atoms with Crippen LogP contribution in [0.25, 0.3) is 0 Å². The summed E-state index contributed by atoms with van der Waals surface area (Å²) in [6.45, 7) is 4.81. The van der Waals surface area contributed by atoms with E-state index in [9.17, 15) is 9.59 Å². The number of nitrogens with one attached hydrogen (secondary N) is 2. The van der Waals surface area contributed by atoms with E-state index in [2.05, 4.69) is 10.6 Å². The zero-order valence-electron chi connectivity index (χ0n) is 14.9. The summed E-state index contributed by atoms with van der Waals surface area (Å²) in [6.07, 6.45) is 1.50. The molecule has 2 N–H and O–H groups in total. The second kappa shape index (κ2) is 10.8. The number of amides is 2. The van der Waals surface area contributed by atoms with Gasteiger partial charge >= 0.3 is 0 Å². The molecule has 134 valence electrons. The van der Waals surface area contributed by atoms with Gasteiger partial charge in [-0.1, -0.05) is 26.0 Å². The first kappa shape index (κ1) is 20.1. The Labute approximate surface area is 143 Å². The highest BCUT2D eigenvalue weighted by molar-refractivity contribution is 6.07. The fourth-order valence-corrected chi connectivity index (χ4v) is 2.33. The molecule has 0 radical (unpaired) electrons. The lowest BCUT2D eigenvalue weighted by Gasteiger charge is -2.19. The van der Waals surface area contributed by atoms with Gasteiger partial charge in [-0.25, -0.2) is 0 Å². The molecule has 0 heterocycles. The van der Waals surface area contributed by atoms with E-state index >= 15 is 0 Å². The lowest BCUT2D eigenvalue weighted by molar-refractivity contribution is 0.0861. The van der Waals surface area contributed by atoms with Crippen molar-refractivity contribution in [3.8, 4) is 0 Å². The van der Waals surface area contributed by atoms with E-state index in [1.54, 1.807) is 38.5 Å². The van der Waals surface area contributed by atoms with Crippen molar-refractivity contribution in [2.24, 2.45) is 0 Å². The summed E-state index contributed by atoms with van der Waals surface area (Å²) in [6, 6.07) is 6.62. The second-order valence-corrected chi connectivity index (χ2v) is 5.61. The van der Waals surface area contributed by atoms with Gasteiger partial charge in [0.1, 0.15) is 0 Å². The molecule has 6 heteroatoms. The zero-order valence-corrected chi connectivity index (χ0v) is 14.9. The van der Waals surface area contributed by atoms with E-state index < -0.39 is 0 Å². The summed E-state index contributed by atoms with van der Waals surface area (Å²) < 4.78 is 10.2. The molecule has 0 fully saturated rings. The molecule has 2 atom stereocenters. The van der Waals surface area contributed by atoms with Crippen LogP contribution in [-0.4, -0.2) is 51.3 Å². The van der Waals surface area contributed by atoms with Gasteiger partial charge in [0.25, 0.3) is 11.8 Å². The molecule has 24 heavy (non-hydrogen) atoms. The molecule has 1 aromatic rings. The molecule has 0 unspecified atom stereocenters. The first-order chi connectivity index (χ1) is 11.6. The quantitative estimate of drug-likeness (QED) is 0.685. The van der Waals surface area contributed by atoms with Crippen LogP contribution in [0.3, 0.4) is 0 Å². The minimum absolute atomic E-state index is 0.0875. The standard InChI is InChI=1S/C18H28N2O4/c1-5-13(11-23-3)19-17(21)15-9-7-8-10-16(15)18(22)20-14(6-2)12-24-4/h7-10,13-14H,5-6,11-12H2,1-4H3,(H,19,21)(H,20,22)/t13-,14-/m1/s1. The van der Waals surface area contributed by atoms with Gasteiger partial charge in [-0.3, -0.25) is 9.59 Å². The van der Waals surface area contributed by atoms with Gasteiger partial charge in [-0.05, 0) is 25.0 Å². The van der Waals surface area contributed by atoms with E-state index in [0.29, 0.717) is 24.3 Å². The Morgan fingerprint density at radius 1 is 0.875 bits per heavy atom. The predicted octanol–water partition coefficient (Wildman–Crippen LogP) is 2.00. The minimum atomic E-state index is -0.274. The highest BCUT2D eigenvalue weighted by Gasteiger charge is 2.20. The molecule has 0 bridgehead atoms. The van der Waals surface area contributed by atoms with Crippen LogP contribution in [0, 0.1) is 0 Å². The van der Waals surface area contributed by atoms with Gasteiger partial charge in [0.05, 0.1) is 36.4 Å². The number of methoxy groups -OCH3 is 2. The molecular weight excluding hydrogens is 308 g/mol. The van der Waals surface area contributed by atoms with Crippen molar-refractivity contribution < 1.29 is 19.1 Å². The molecule has 1 aromatic carbocycles. The second-order valence-electron chi connectivity index (χ2n) is 5.61. The number of benzene rings is 1.